The topological polar surface area (TPSA) is 70.2 Å². The normalized spacial score (nSPS) is 14.0. The van der Waals surface area contributed by atoms with Gasteiger partial charge in [-0.05, 0) is 35.7 Å². The maximum atomic E-state index is 14.3. The Morgan fingerprint density at radius 2 is 2.12 bits per heavy atom. The van der Waals surface area contributed by atoms with E-state index >= 15 is 0 Å². The van der Waals surface area contributed by atoms with Gasteiger partial charge in [0.1, 0.15) is 0 Å². The van der Waals surface area contributed by atoms with Crippen LogP contribution in [0.15, 0.2) is 42.5 Å². The van der Waals surface area contributed by atoms with Crippen molar-refractivity contribution >= 4 is 27.7 Å². The van der Waals surface area contributed by atoms with Crippen LogP contribution in [0.2, 0.25) is 0 Å². The number of methoxy groups -OCH3 is 1. The molecular weight excluding hydrogens is 407 g/mol. The summed E-state index contributed by atoms with van der Waals surface area (Å²) in [6.07, 6.45) is 1.32. The van der Waals surface area contributed by atoms with Gasteiger partial charge >= 0.3 is 0 Å². The fourth-order valence-corrected chi connectivity index (χ4v) is 4.62. The molecule has 3 heterocycles. The number of hydrogen-bond donors (Lipinski definition) is 2. The minimum absolute atomic E-state index is 0.00412. The van der Waals surface area contributed by atoms with Gasteiger partial charge in [-0.2, -0.15) is 0 Å². The molecule has 1 aliphatic heterocycles. The lowest BCUT2D eigenvalue weighted by molar-refractivity contribution is -0.121. The van der Waals surface area contributed by atoms with Gasteiger partial charge < -0.3 is 15.0 Å². The largest absolute Gasteiger partial charge is 0.494 e. The minimum atomic E-state index is -0.382. The van der Waals surface area contributed by atoms with Crippen molar-refractivity contribution in [3.63, 3.8) is 0 Å². The number of likely N-dealkylation sites (N-methyl/N-ethyl adjacent to an activating group) is 1. The summed E-state index contributed by atoms with van der Waals surface area (Å²) in [6, 6.07) is 13.3. The molecule has 4 aromatic rings. The Labute approximate surface area is 185 Å². The summed E-state index contributed by atoms with van der Waals surface area (Å²) < 4.78 is 19.4. The van der Waals surface area contributed by atoms with Crippen LogP contribution in [-0.4, -0.2) is 48.0 Å². The number of halogens is 1. The molecule has 0 saturated carbocycles. The van der Waals surface area contributed by atoms with Crippen molar-refractivity contribution in [3.8, 4) is 5.75 Å². The van der Waals surface area contributed by atoms with Crippen LogP contribution < -0.4 is 10.1 Å². The zero-order valence-electron chi connectivity index (χ0n) is 18.2. The molecule has 5 rings (SSSR count). The highest BCUT2D eigenvalue weighted by molar-refractivity contribution is 6.10. The van der Waals surface area contributed by atoms with E-state index in [1.54, 1.807) is 13.1 Å². The highest BCUT2D eigenvalue weighted by atomic mass is 19.1. The van der Waals surface area contributed by atoms with Gasteiger partial charge in [0.25, 0.3) is 0 Å². The zero-order chi connectivity index (χ0) is 22.2. The number of benzene rings is 2. The van der Waals surface area contributed by atoms with Crippen molar-refractivity contribution in [1.82, 2.24) is 20.2 Å². The number of nitrogens with zero attached hydrogens (tertiary/aromatic N) is 2. The van der Waals surface area contributed by atoms with E-state index in [-0.39, 0.29) is 17.5 Å². The Hall–Kier alpha value is -3.45. The van der Waals surface area contributed by atoms with E-state index in [0.29, 0.717) is 19.5 Å². The van der Waals surface area contributed by atoms with Gasteiger partial charge in [-0.3, -0.25) is 14.7 Å². The lowest BCUT2D eigenvalue weighted by Crippen LogP contribution is -2.39. The summed E-state index contributed by atoms with van der Waals surface area (Å²) in [7, 11) is 3.11. The van der Waals surface area contributed by atoms with Crippen molar-refractivity contribution < 1.29 is 13.9 Å². The number of hydrogen-bond acceptors (Lipinski definition) is 4. The molecule has 0 saturated heterocycles. The molecular formula is C25H25FN4O2. The summed E-state index contributed by atoms with van der Waals surface area (Å²) in [6.45, 7) is 1.77. The molecule has 2 aromatic heterocycles. The van der Waals surface area contributed by atoms with Gasteiger partial charge in [-0.25, -0.2) is 4.39 Å². The van der Waals surface area contributed by atoms with Crippen molar-refractivity contribution in [2.75, 3.05) is 27.2 Å². The maximum Gasteiger partial charge on any atom is 0.233 e. The van der Waals surface area contributed by atoms with E-state index in [0.717, 1.165) is 41.0 Å². The average Bonchev–Trinajstić information content (AvgIpc) is 3.19. The quantitative estimate of drug-likeness (QED) is 0.506. The van der Waals surface area contributed by atoms with E-state index in [1.807, 2.05) is 18.2 Å². The first-order chi connectivity index (χ1) is 15.6. The van der Waals surface area contributed by atoms with Crippen LogP contribution in [0.3, 0.4) is 0 Å². The number of carbonyl (C=O) groups excluding carboxylic acids is 1. The van der Waals surface area contributed by atoms with Crippen LogP contribution in [-0.2, 0) is 24.2 Å². The highest BCUT2D eigenvalue weighted by Crippen LogP contribution is 2.35. The molecule has 1 amide bonds. The number of aromatic nitrogens is 2. The minimum Gasteiger partial charge on any atom is -0.494 e. The molecule has 164 valence electrons. The Morgan fingerprint density at radius 3 is 2.91 bits per heavy atom. The van der Waals surface area contributed by atoms with Gasteiger partial charge in [0.05, 0.1) is 30.6 Å². The molecule has 0 unspecified atom stereocenters. The summed E-state index contributed by atoms with van der Waals surface area (Å²) in [4.78, 5) is 22.6. The maximum absolute atomic E-state index is 14.3. The molecule has 0 aliphatic carbocycles. The van der Waals surface area contributed by atoms with Gasteiger partial charge in [0, 0.05) is 42.8 Å². The lowest BCUT2D eigenvalue weighted by atomic mass is 9.96. The van der Waals surface area contributed by atoms with Crippen molar-refractivity contribution in [3.05, 3.63) is 70.8 Å². The number of ether oxygens (including phenoxy) is 1. The zero-order valence-corrected chi connectivity index (χ0v) is 18.2. The monoisotopic (exact) mass is 432 g/mol. The second kappa shape index (κ2) is 8.24. The molecule has 2 N–H and O–H groups in total. The SMILES string of the molecule is CNC(=O)CN1CCc2c(nc(Cc3ccc(OC)c(F)c3)c3[nH]c4ccccc4c23)C1. The number of pyridine rings is 1. The molecule has 6 nitrogen and oxygen atoms in total. The summed E-state index contributed by atoms with van der Waals surface area (Å²) >= 11 is 0. The molecule has 0 fully saturated rings. The average molecular weight is 432 g/mol. The second-order valence-electron chi connectivity index (χ2n) is 8.18. The van der Waals surface area contributed by atoms with Crippen LogP contribution >= 0.6 is 0 Å². The third kappa shape index (κ3) is 3.58. The number of amides is 1. The molecule has 0 radical (unpaired) electrons. The first-order valence-electron chi connectivity index (χ1n) is 10.7. The Bertz CT molecular complexity index is 1330. The fourth-order valence-electron chi connectivity index (χ4n) is 4.62. The third-order valence-electron chi connectivity index (χ3n) is 6.20. The van der Waals surface area contributed by atoms with Crippen LogP contribution in [0, 0.1) is 5.82 Å². The predicted octanol–water partition coefficient (Wildman–Crippen LogP) is 3.56. The van der Waals surface area contributed by atoms with Gasteiger partial charge in [0.2, 0.25) is 5.91 Å². The Kier molecular flexibility index (Phi) is 5.27. The number of rotatable bonds is 5. The number of H-pyrrole nitrogens is 1. The first kappa shape index (κ1) is 20.5. The fraction of sp³-hybridized carbons (Fsp3) is 0.280. The molecule has 32 heavy (non-hydrogen) atoms. The number of fused-ring (bicyclic) bond motifs is 5. The lowest BCUT2D eigenvalue weighted by Gasteiger charge is -2.28. The van der Waals surface area contributed by atoms with E-state index in [4.69, 9.17) is 9.72 Å². The van der Waals surface area contributed by atoms with Crippen LogP contribution in [0.1, 0.15) is 22.5 Å². The summed E-state index contributed by atoms with van der Waals surface area (Å²) in [5.41, 5.74) is 5.99. The van der Waals surface area contributed by atoms with Crippen LogP contribution in [0.5, 0.6) is 5.75 Å². The van der Waals surface area contributed by atoms with Crippen molar-refractivity contribution in [2.45, 2.75) is 19.4 Å². The van der Waals surface area contributed by atoms with Gasteiger partial charge in [-0.1, -0.05) is 24.3 Å². The van der Waals surface area contributed by atoms with Crippen LogP contribution in [0.25, 0.3) is 21.8 Å². The number of nitrogens with one attached hydrogen (secondary N) is 2. The number of aromatic amines is 1. The molecule has 7 heteroatoms. The number of carbonyl (C=O) groups is 1. The molecule has 0 spiro atoms. The smallest absolute Gasteiger partial charge is 0.233 e. The first-order valence-corrected chi connectivity index (χ1v) is 10.7. The standard InChI is InChI=1S/C25H25FN4O2/c1-27-23(31)14-30-10-9-17-21(13-30)28-20(12-15-7-8-22(32-2)18(26)11-15)25-24(17)16-5-3-4-6-19(16)29-25/h3-8,11,29H,9-10,12-14H2,1-2H3,(H,27,31). The van der Waals surface area contributed by atoms with Crippen molar-refractivity contribution in [1.29, 1.82) is 0 Å². The van der Waals surface area contributed by atoms with Crippen molar-refractivity contribution in [2.24, 2.45) is 0 Å². The summed E-state index contributed by atoms with van der Waals surface area (Å²) in [5, 5.41) is 5.05. The predicted molar refractivity (Wildman–Crippen MR) is 122 cm³/mol. The highest BCUT2D eigenvalue weighted by Gasteiger charge is 2.25. The van der Waals surface area contributed by atoms with E-state index in [2.05, 4.69) is 27.3 Å². The molecule has 1 aliphatic rings. The van der Waals surface area contributed by atoms with E-state index < -0.39 is 0 Å². The second-order valence-corrected chi connectivity index (χ2v) is 8.18. The van der Waals surface area contributed by atoms with Crippen LogP contribution in [0.4, 0.5) is 4.39 Å². The Balaban J connectivity index is 1.62. The van der Waals surface area contributed by atoms with E-state index in [1.165, 1.54) is 29.5 Å². The third-order valence-corrected chi connectivity index (χ3v) is 6.20. The summed E-state index contributed by atoms with van der Waals surface area (Å²) in [5.74, 6) is -0.157. The molecule has 0 atom stereocenters. The number of para-hydroxylation sites is 1. The van der Waals surface area contributed by atoms with E-state index in [9.17, 15) is 9.18 Å². The molecule has 0 bridgehead atoms. The Morgan fingerprint density at radius 1 is 1.28 bits per heavy atom. The molecule has 2 aromatic carbocycles. The van der Waals surface area contributed by atoms with Gasteiger partial charge in [0.15, 0.2) is 11.6 Å². The van der Waals surface area contributed by atoms with Gasteiger partial charge in [-0.15, -0.1) is 0 Å².